The number of nitrogens with zero attached hydrogens (tertiary/aromatic N) is 1. The van der Waals surface area contributed by atoms with Crippen molar-refractivity contribution in [2.75, 3.05) is 11.4 Å². The van der Waals surface area contributed by atoms with Gasteiger partial charge < -0.3 is 10.0 Å². The van der Waals surface area contributed by atoms with E-state index in [4.69, 9.17) is 0 Å². The van der Waals surface area contributed by atoms with Crippen LogP contribution in [0.15, 0.2) is 24.3 Å². The van der Waals surface area contributed by atoms with Gasteiger partial charge in [0.1, 0.15) is 6.10 Å². The van der Waals surface area contributed by atoms with Gasteiger partial charge in [0.05, 0.1) is 5.56 Å². The third-order valence-electron chi connectivity index (χ3n) is 2.66. The zero-order valence-corrected chi connectivity index (χ0v) is 8.74. The van der Waals surface area contributed by atoms with Gasteiger partial charge in [-0.15, -0.1) is 0 Å². The van der Waals surface area contributed by atoms with Crippen LogP contribution in [0.3, 0.4) is 0 Å². The van der Waals surface area contributed by atoms with Gasteiger partial charge in [-0.05, 0) is 18.2 Å². The van der Waals surface area contributed by atoms with E-state index in [1.54, 1.807) is 0 Å². The van der Waals surface area contributed by atoms with Crippen LogP contribution in [-0.2, 0) is 11.0 Å². The summed E-state index contributed by atoms with van der Waals surface area (Å²) < 4.78 is 37.4. The topological polar surface area (TPSA) is 40.5 Å². The Bertz CT molecular complexity index is 445. The van der Waals surface area contributed by atoms with Gasteiger partial charge in [0.15, 0.2) is 0 Å². The maximum Gasteiger partial charge on any atom is 0.416 e. The lowest BCUT2D eigenvalue weighted by Crippen LogP contribution is -2.29. The molecule has 1 aromatic carbocycles. The van der Waals surface area contributed by atoms with Crippen LogP contribution < -0.4 is 4.90 Å². The number of anilines is 1. The molecule has 1 fully saturated rings. The smallest absolute Gasteiger partial charge is 0.383 e. The molecule has 17 heavy (non-hydrogen) atoms. The number of benzene rings is 1. The van der Waals surface area contributed by atoms with E-state index in [9.17, 15) is 23.1 Å². The molecule has 1 heterocycles. The summed E-state index contributed by atoms with van der Waals surface area (Å²) >= 11 is 0. The normalized spacial score (nSPS) is 21.1. The second-order valence-corrected chi connectivity index (χ2v) is 3.84. The predicted octanol–water partition coefficient (Wildman–Crippen LogP) is 1.80. The van der Waals surface area contributed by atoms with Crippen LogP contribution in [0, 0.1) is 0 Å². The lowest BCUT2D eigenvalue weighted by Gasteiger charge is -2.17. The number of aliphatic hydroxyl groups excluding tert-OH is 1. The van der Waals surface area contributed by atoms with Crippen LogP contribution in [0.2, 0.25) is 0 Å². The predicted molar refractivity (Wildman–Crippen MR) is 54.4 cm³/mol. The average Bonchev–Trinajstić information content (AvgIpc) is 2.59. The molecule has 0 aliphatic carbocycles. The summed E-state index contributed by atoms with van der Waals surface area (Å²) in [4.78, 5) is 12.6. The molecule has 0 bridgehead atoms. The van der Waals surface area contributed by atoms with Gasteiger partial charge in [0.25, 0.3) is 5.91 Å². The molecular formula is C11H10F3NO2. The molecule has 1 amide bonds. The standard InChI is InChI=1S/C11H10F3NO2/c12-11(13,14)7-2-1-3-8(6-7)15-5-4-9(16)10(15)17/h1-3,6,9,16H,4-5H2/t9-/m0/s1. The van der Waals surface area contributed by atoms with E-state index in [2.05, 4.69) is 0 Å². The Morgan fingerprint density at radius 2 is 2.06 bits per heavy atom. The molecule has 2 rings (SSSR count). The number of aliphatic hydroxyl groups is 1. The molecule has 0 saturated carbocycles. The quantitative estimate of drug-likeness (QED) is 0.819. The number of carbonyl (C=O) groups excluding carboxylic acids is 1. The minimum absolute atomic E-state index is 0.168. The monoisotopic (exact) mass is 245 g/mol. The van der Waals surface area contributed by atoms with Crippen molar-refractivity contribution in [3.8, 4) is 0 Å². The van der Waals surface area contributed by atoms with Crippen molar-refractivity contribution in [1.82, 2.24) is 0 Å². The van der Waals surface area contributed by atoms with Crippen molar-refractivity contribution in [1.29, 1.82) is 0 Å². The Kier molecular flexibility index (Phi) is 2.82. The van der Waals surface area contributed by atoms with Crippen LogP contribution in [0.1, 0.15) is 12.0 Å². The van der Waals surface area contributed by atoms with Crippen molar-refractivity contribution in [3.05, 3.63) is 29.8 Å². The summed E-state index contributed by atoms with van der Waals surface area (Å²) in [7, 11) is 0. The highest BCUT2D eigenvalue weighted by Crippen LogP contribution is 2.32. The van der Waals surface area contributed by atoms with E-state index in [1.807, 2.05) is 0 Å². The summed E-state index contributed by atoms with van der Waals surface area (Å²) in [6.45, 7) is 0.237. The molecule has 0 unspecified atom stereocenters. The molecule has 92 valence electrons. The van der Waals surface area contributed by atoms with Crippen LogP contribution in [0.5, 0.6) is 0 Å². The van der Waals surface area contributed by atoms with E-state index in [1.165, 1.54) is 17.0 Å². The molecule has 1 atom stereocenters. The molecule has 1 aliphatic heterocycles. The fourth-order valence-corrected chi connectivity index (χ4v) is 1.77. The van der Waals surface area contributed by atoms with Crippen molar-refractivity contribution in [2.45, 2.75) is 18.7 Å². The highest BCUT2D eigenvalue weighted by atomic mass is 19.4. The average molecular weight is 245 g/mol. The molecule has 3 nitrogen and oxygen atoms in total. The fourth-order valence-electron chi connectivity index (χ4n) is 1.77. The minimum Gasteiger partial charge on any atom is -0.383 e. The third-order valence-corrected chi connectivity index (χ3v) is 2.66. The zero-order chi connectivity index (χ0) is 12.6. The van der Waals surface area contributed by atoms with Crippen LogP contribution in [-0.4, -0.2) is 23.7 Å². The SMILES string of the molecule is O=C1[C@@H](O)CCN1c1cccc(C(F)(F)F)c1. The first-order valence-electron chi connectivity index (χ1n) is 5.06. The largest absolute Gasteiger partial charge is 0.416 e. The number of amides is 1. The third kappa shape index (κ3) is 2.26. The highest BCUT2D eigenvalue weighted by molar-refractivity contribution is 5.98. The number of hydrogen-bond donors (Lipinski definition) is 1. The molecule has 1 aliphatic rings. The molecule has 0 radical (unpaired) electrons. The van der Waals surface area contributed by atoms with Gasteiger partial charge in [0, 0.05) is 18.7 Å². The molecule has 1 aromatic rings. The van der Waals surface area contributed by atoms with Gasteiger partial charge in [-0.2, -0.15) is 13.2 Å². The number of halogens is 3. The summed E-state index contributed by atoms with van der Waals surface area (Å²) in [5, 5.41) is 9.25. The maximum atomic E-state index is 12.5. The first kappa shape index (κ1) is 11.9. The fraction of sp³-hybridized carbons (Fsp3) is 0.364. The van der Waals surface area contributed by atoms with E-state index in [0.29, 0.717) is 0 Å². The van der Waals surface area contributed by atoms with Crippen LogP contribution in [0.25, 0.3) is 0 Å². The van der Waals surface area contributed by atoms with Gasteiger partial charge in [-0.3, -0.25) is 4.79 Å². The number of rotatable bonds is 1. The lowest BCUT2D eigenvalue weighted by atomic mass is 10.2. The second-order valence-electron chi connectivity index (χ2n) is 3.84. The molecule has 6 heteroatoms. The Balaban J connectivity index is 2.31. The molecule has 1 N–H and O–H groups in total. The highest BCUT2D eigenvalue weighted by Gasteiger charge is 2.34. The molecule has 1 saturated heterocycles. The second kappa shape index (κ2) is 4.03. The van der Waals surface area contributed by atoms with Crippen molar-refractivity contribution < 1.29 is 23.1 Å². The van der Waals surface area contributed by atoms with Gasteiger partial charge >= 0.3 is 6.18 Å². The van der Waals surface area contributed by atoms with Crippen molar-refractivity contribution in [2.24, 2.45) is 0 Å². The lowest BCUT2D eigenvalue weighted by molar-refractivity contribution is -0.137. The van der Waals surface area contributed by atoms with Gasteiger partial charge in [0.2, 0.25) is 0 Å². The number of alkyl halides is 3. The zero-order valence-electron chi connectivity index (χ0n) is 8.74. The molecule has 0 spiro atoms. The van der Waals surface area contributed by atoms with E-state index < -0.39 is 23.8 Å². The summed E-state index contributed by atoms with van der Waals surface area (Å²) in [6, 6.07) is 4.53. The summed E-state index contributed by atoms with van der Waals surface area (Å²) in [5.74, 6) is -0.552. The number of hydrogen-bond acceptors (Lipinski definition) is 2. The Labute approximate surface area is 95.5 Å². The molecule has 0 aromatic heterocycles. The van der Waals surface area contributed by atoms with Crippen molar-refractivity contribution >= 4 is 11.6 Å². The summed E-state index contributed by atoms with van der Waals surface area (Å²) in [6.07, 6.45) is -5.29. The van der Waals surface area contributed by atoms with Crippen molar-refractivity contribution in [3.63, 3.8) is 0 Å². The Morgan fingerprint density at radius 1 is 1.35 bits per heavy atom. The minimum atomic E-state index is -4.43. The first-order valence-corrected chi connectivity index (χ1v) is 5.06. The molecular weight excluding hydrogens is 235 g/mol. The van der Waals surface area contributed by atoms with E-state index >= 15 is 0 Å². The number of carbonyl (C=O) groups is 1. The van der Waals surface area contributed by atoms with Crippen LogP contribution in [0.4, 0.5) is 18.9 Å². The Morgan fingerprint density at radius 3 is 2.59 bits per heavy atom. The Hall–Kier alpha value is -1.56. The van der Waals surface area contributed by atoms with E-state index in [-0.39, 0.29) is 18.7 Å². The first-order chi connectivity index (χ1) is 7.89. The van der Waals surface area contributed by atoms with Crippen LogP contribution >= 0.6 is 0 Å². The van der Waals surface area contributed by atoms with Gasteiger partial charge in [-0.1, -0.05) is 6.07 Å². The van der Waals surface area contributed by atoms with E-state index in [0.717, 1.165) is 12.1 Å². The van der Waals surface area contributed by atoms with Gasteiger partial charge in [-0.25, -0.2) is 0 Å². The maximum absolute atomic E-state index is 12.5. The summed E-state index contributed by atoms with van der Waals surface area (Å²) in [5.41, 5.74) is -0.634.